The van der Waals surface area contributed by atoms with Crippen LogP contribution >= 0.6 is 0 Å². The topological polar surface area (TPSA) is 92.6 Å². The normalized spacial score (nSPS) is 8.65. The fourth-order valence-corrected chi connectivity index (χ4v) is 0.756. The Morgan fingerprint density at radius 3 is 1.75 bits per heavy atom. The van der Waals surface area contributed by atoms with Gasteiger partial charge in [0, 0.05) is 0 Å². The number of aromatic hydroxyl groups is 1. The van der Waals surface area contributed by atoms with Gasteiger partial charge in [-0.2, -0.15) is 0 Å². The van der Waals surface area contributed by atoms with Crippen LogP contribution in [0.15, 0.2) is 24.3 Å². The van der Waals surface area contributed by atoms with Crippen molar-refractivity contribution in [3.63, 3.8) is 0 Å². The van der Waals surface area contributed by atoms with Crippen LogP contribution in [0.5, 0.6) is 5.75 Å². The standard InChI is InChI=1S/C8H8O3.2C3H7O.Al/c1-11-8(10)6-4-2-3-5-7(6)9;2*1-3(2)4;/h2-5,9H,1H3;2*3H,1-2H3;/q;2*-1;+3. The number of phenolic OH excluding ortho intramolecular Hbond substituents is 1. The van der Waals surface area contributed by atoms with E-state index in [9.17, 15) is 15.0 Å². The summed E-state index contributed by atoms with van der Waals surface area (Å²) in [5.74, 6) is -0.581. The Bertz CT molecular complexity index is 342. The second-order valence-corrected chi connectivity index (χ2v) is 4.11. The number of para-hydroxylation sites is 1. The summed E-state index contributed by atoms with van der Waals surface area (Å²) in [6, 6.07) is 6.24. The second-order valence-electron chi connectivity index (χ2n) is 4.11. The van der Waals surface area contributed by atoms with Crippen molar-refractivity contribution in [1.82, 2.24) is 0 Å². The number of phenols is 1. The molecule has 0 fully saturated rings. The van der Waals surface area contributed by atoms with Crippen molar-refractivity contribution in [1.29, 1.82) is 0 Å². The molecule has 5 nitrogen and oxygen atoms in total. The smallest absolute Gasteiger partial charge is 0.852 e. The molecule has 0 aromatic heterocycles. The van der Waals surface area contributed by atoms with Crippen molar-refractivity contribution >= 4 is 23.3 Å². The molecule has 0 atom stereocenters. The Morgan fingerprint density at radius 1 is 1.10 bits per heavy atom. The van der Waals surface area contributed by atoms with Crippen LogP contribution in [-0.4, -0.2) is 47.8 Å². The predicted octanol–water partition coefficient (Wildman–Crippen LogP) is 0.308. The van der Waals surface area contributed by atoms with Crippen LogP contribution in [0.1, 0.15) is 38.1 Å². The molecule has 1 rings (SSSR count). The molecule has 0 aliphatic heterocycles. The van der Waals surface area contributed by atoms with Crippen molar-refractivity contribution in [2.45, 2.75) is 39.9 Å². The number of hydrogen-bond donors (Lipinski definition) is 1. The molecule has 1 aromatic rings. The maximum atomic E-state index is 10.9. The molecule has 6 heteroatoms. The Hall–Kier alpha value is -1.06. The Morgan fingerprint density at radius 2 is 1.45 bits per heavy atom. The summed E-state index contributed by atoms with van der Waals surface area (Å²) < 4.78 is 4.42. The minimum atomic E-state index is -0.525. The molecule has 0 aliphatic rings. The molecule has 0 amide bonds. The summed E-state index contributed by atoms with van der Waals surface area (Å²) in [5, 5.41) is 28.2. The maximum absolute atomic E-state index is 10.9. The van der Waals surface area contributed by atoms with Gasteiger partial charge in [0.05, 0.1) is 7.11 Å². The molecular weight excluding hydrogens is 275 g/mol. The van der Waals surface area contributed by atoms with Crippen LogP contribution in [0.2, 0.25) is 0 Å². The van der Waals surface area contributed by atoms with E-state index in [1.165, 1.54) is 19.2 Å². The molecule has 0 radical (unpaired) electrons. The van der Waals surface area contributed by atoms with Crippen molar-refractivity contribution < 1.29 is 24.9 Å². The van der Waals surface area contributed by atoms with E-state index >= 15 is 0 Å². The van der Waals surface area contributed by atoms with Crippen LogP contribution in [0.25, 0.3) is 0 Å². The second kappa shape index (κ2) is 14.4. The van der Waals surface area contributed by atoms with Gasteiger partial charge in [0.15, 0.2) is 0 Å². The van der Waals surface area contributed by atoms with Crippen molar-refractivity contribution in [3.05, 3.63) is 29.8 Å². The quantitative estimate of drug-likeness (QED) is 0.595. The molecule has 0 saturated carbocycles. The fourth-order valence-electron chi connectivity index (χ4n) is 0.756. The fraction of sp³-hybridized carbons (Fsp3) is 0.500. The summed E-state index contributed by atoms with van der Waals surface area (Å²) in [6.07, 6.45) is -0.833. The minimum Gasteiger partial charge on any atom is -0.852 e. The summed E-state index contributed by atoms with van der Waals surface area (Å²) in [6.45, 7) is 6.44. The van der Waals surface area contributed by atoms with Gasteiger partial charge in [0.25, 0.3) is 0 Å². The first-order chi connectivity index (χ1) is 8.72. The van der Waals surface area contributed by atoms with Gasteiger partial charge in [0.1, 0.15) is 11.3 Å². The first-order valence-corrected chi connectivity index (χ1v) is 5.90. The Balaban J connectivity index is -0.000000272. The van der Waals surface area contributed by atoms with Crippen LogP contribution in [0.4, 0.5) is 0 Å². The zero-order valence-electron chi connectivity index (χ0n) is 12.6. The first-order valence-electron chi connectivity index (χ1n) is 5.90. The molecule has 1 aromatic carbocycles. The van der Waals surface area contributed by atoms with E-state index in [2.05, 4.69) is 4.74 Å². The third-order valence-electron chi connectivity index (χ3n) is 1.31. The molecule has 0 heterocycles. The summed E-state index contributed by atoms with van der Waals surface area (Å²) in [5.41, 5.74) is 0.190. The predicted molar refractivity (Wildman–Crippen MR) is 75.5 cm³/mol. The van der Waals surface area contributed by atoms with Gasteiger partial charge < -0.3 is 20.1 Å². The number of carbonyl (C=O) groups excluding carboxylic acids is 1. The van der Waals surface area contributed by atoms with Crippen LogP contribution < -0.4 is 10.2 Å². The minimum absolute atomic E-state index is 0. The number of methoxy groups -OCH3 is 1. The van der Waals surface area contributed by atoms with Crippen LogP contribution in [0, 0.1) is 0 Å². The van der Waals surface area contributed by atoms with Gasteiger partial charge in [0.2, 0.25) is 0 Å². The van der Waals surface area contributed by atoms with Crippen LogP contribution in [0.3, 0.4) is 0 Å². The molecule has 0 aliphatic carbocycles. The zero-order chi connectivity index (χ0) is 15.4. The van der Waals surface area contributed by atoms with E-state index in [1.54, 1.807) is 39.8 Å². The molecule has 0 bridgehead atoms. The van der Waals surface area contributed by atoms with E-state index in [0.717, 1.165) is 0 Å². The molecule has 1 N–H and O–H groups in total. The summed E-state index contributed by atoms with van der Waals surface area (Å²) in [4.78, 5) is 10.9. The van der Waals surface area contributed by atoms with Gasteiger partial charge >= 0.3 is 23.3 Å². The summed E-state index contributed by atoms with van der Waals surface area (Å²) in [7, 11) is 1.27. The monoisotopic (exact) mass is 297 g/mol. The molecular formula is C14H22AlO5+. The average Bonchev–Trinajstić information content (AvgIpc) is 2.27. The number of esters is 1. The SMILES string of the molecule is CC(C)[O-].CC(C)[O-].COC(=O)c1ccccc1O.[Al+3]. The third-order valence-corrected chi connectivity index (χ3v) is 1.31. The van der Waals surface area contributed by atoms with Gasteiger partial charge in [-0.3, -0.25) is 0 Å². The largest absolute Gasteiger partial charge is 3.00 e. The maximum Gasteiger partial charge on any atom is 3.00 e. The van der Waals surface area contributed by atoms with Crippen molar-refractivity contribution in [3.8, 4) is 5.75 Å². The van der Waals surface area contributed by atoms with E-state index in [4.69, 9.17) is 5.11 Å². The summed E-state index contributed by atoms with van der Waals surface area (Å²) >= 11 is 0. The van der Waals surface area contributed by atoms with E-state index in [-0.39, 0.29) is 28.7 Å². The van der Waals surface area contributed by atoms with Gasteiger partial charge in [-0.05, 0) is 12.1 Å². The Labute approximate surface area is 131 Å². The van der Waals surface area contributed by atoms with Crippen molar-refractivity contribution in [2.75, 3.05) is 7.11 Å². The molecule has 0 unspecified atom stereocenters. The third kappa shape index (κ3) is 16.9. The number of benzene rings is 1. The van der Waals surface area contributed by atoms with Crippen LogP contribution in [-0.2, 0) is 4.74 Å². The number of carbonyl (C=O) groups is 1. The number of hydrogen-bond acceptors (Lipinski definition) is 5. The molecule has 0 saturated heterocycles. The van der Waals surface area contributed by atoms with E-state index in [1.807, 2.05) is 0 Å². The number of rotatable bonds is 1. The molecule has 110 valence electrons. The average molecular weight is 297 g/mol. The Kier molecular flexibility index (Phi) is 17.2. The van der Waals surface area contributed by atoms with Gasteiger partial charge in [-0.15, -0.1) is 12.2 Å². The van der Waals surface area contributed by atoms with Crippen molar-refractivity contribution in [2.24, 2.45) is 0 Å². The van der Waals surface area contributed by atoms with Gasteiger partial charge in [-0.25, -0.2) is 4.79 Å². The molecule has 0 spiro atoms. The first kappa shape index (κ1) is 24.0. The zero-order valence-corrected chi connectivity index (χ0v) is 13.8. The van der Waals surface area contributed by atoms with Gasteiger partial charge in [-0.1, -0.05) is 39.8 Å². The number of ether oxygens (including phenoxy) is 1. The molecule has 20 heavy (non-hydrogen) atoms. The van der Waals surface area contributed by atoms with E-state index < -0.39 is 18.2 Å². The van der Waals surface area contributed by atoms with E-state index in [0.29, 0.717) is 0 Å².